The van der Waals surface area contributed by atoms with E-state index in [1.165, 1.54) is 6.07 Å². The first-order valence-electron chi connectivity index (χ1n) is 12.6. The number of fused-ring (bicyclic) bond motifs is 2. The van der Waals surface area contributed by atoms with Crippen molar-refractivity contribution in [3.05, 3.63) is 88.9 Å². The molecule has 37 heavy (non-hydrogen) atoms. The molecule has 7 nitrogen and oxygen atoms in total. The number of carbonyl (C=O) groups is 2. The van der Waals surface area contributed by atoms with Crippen LogP contribution in [0, 0.1) is 12.7 Å². The molecule has 3 aromatic rings. The molecular weight excluding hydrogens is 471 g/mol. The normalized spacial score (nSPS) is 20.4. The van der Waals surface area contributed by atoms with Crippen molar-refractivity contribution in [3.8, 4) is 5.75 Å². The molecule has 0 saturated carbocycles. The van der Waals surface area contributed by atoms with Crippen molar-refractivity contribution in [2.45, 2.75) is 57.3 Å². The fourth-order valence-electron chi connectivity index (χ4n) is 5.61. The summed E-state index contributed by atoms with van der Waals surface area (Å²) in [5.74, 6) is 0.840. The Kier molecular flexibility index (Phi) is 7.08. The Morgan fingerprint density at radius 3 is 2.46 bits per heavy atom. The van der Waals surface area contributed by atoms with Crippen LogP contribution >= 0.6 is 0 Å². The van der Waals surface area contributed by atoms with Crippen LogP contribution in [0.3, 0.4) is 0 Å². The number of halogens is 1. The zero-order chi connectivity index (χ0) is 25.9. The number of aromatic nitrogens is 1. The highest BCUT2D eigenvalue weighted by molar-refractivity contribution is 5.96. The van der Waals surface area contributed by atoms with Gasteiger partial charge in [-0.05, 0) is 62.9 Å². The Balaban J connectivity index is 1.20. The van der Waals surface area contributed by atoms with Crippen molar-refractivity contribution >= 4 is 17.6 Å². The maximum absolute atomic E-state index is 13.8. The van der Waals surface area contributed by atoms with Gasteiger partial charge in [-0.25, -0.2) is 9.37 Å². The summed E-state index contributed by atoms with van der Waals surface area (Å²) in [6, 6.07) is 16.2. The van der Waals surface area contributed by atoms with Gasteiger partial charge in [0.15, 0.2) is 0 Å². The topological polar surface area (TPSA) is 83.6 Å². The van der Waals surface area contributed by atoms with Crippen LogP contribution in [0.2, 0.25) is 0 Å². The van der Waals surface area contributed by atoms with Crippen molar-refractivity contribution < 1.29 is 18.7 Å². The smallest absolute Gasteiger partial charge is 0.253 e. The quantitative estimate of drug-likeness (QED) is 0.501. The Morgan fingerprint density at radius 1 is 1.03 bits per heavy atom. The minimum atomic E-state index is -0.343. The van der Waals surface area contributed by atoms with Crippen molar-refractivity contribution in [3.63, 3.8) is 0 Å². The van der Waals surface area contributed by atoms with E-state index in [4.69, 9.17) is 4.74 Å². The zero-order valence-electron chi connectivity index (χ0n) is 21.0. The lowest BCUT2D eigenvalue weighted by atomic mass is 9.96. The molecule has 2 amide bonds. The van der Waals surface area contributed by atoms with Crippen LogP contribution in [-0.2, 0) is 6.54 Å². The summed E-state index contributed by atoms with van der Waals surface area (Å²) in [4.78, 5) is 32.5. The predicted octanol–water partition coefficient (Wildman–Crippen LogP) is 4.40. The maximum atomic E-state index is 13.8. The largest absolute Gasteiger partial charge is 0.496 e. The number of pyridine rings is 1. The van der Waals surface area contributed by atoms with E-state index < -0.39 is 0 Å². The third kappa shape index (κ3) is 5.14. The summed E-state index contributed by atoms with van der Waals surface area (Å²) >= 11 is 0. The van der Waals surface area contributed by atoms with Gasteiger partial charge in [0.05, 0.1) is 12.7 Å². The molecule has 8 heteroatoms. The fraction of sp³-hybridized carbons (Fsp3) is 0.345. The van der Waals surface area contributed by atoms with Gasteiger partial charge in [0, 0.05) is 47.6 Å². The molecule has 0 aliphatic carbocycles. The Morgan fingerprint density at radius 2 is 1.78 bits per heavy atom. The van der Waals surface area contributed by atoms with Crippen LogP contribution in [0.15, 0.2) is 60.8 Å². The third-order valence-electron chi connectivity index (χ3n) is 7.49. The molecule has 2 fully saturated rings. The first-order chi connectivity index (χ1) is 17.9. The number of benzene rings is 2. The summed E-state index contributed by atoms with van der Waals surface area (Å²) in [6.07, 6.45) is 5.35. The Labute approximate surface area is 216 Å². The summed E-state index contributed by atoms with van der Waals surface area (Å²) in [5, 5.41) is 5.99. The first-order valence-corrected chi connectivity index (χ1v) is 12.6. The van der Waals surface area contributed by atoms with Gasteiger partial charge in [-0.1, -0.05) is 24.3 Å². The molecular formula is C29H31FN4O3. The van der Waals surface area contributed by atoms with Crippen LogP contribution in [-0.4, -0.2) is 42.0 Å². The summed E-state index contributed by atoms with van der Waals surface area (Å²) in [7, 11) is 1.61. The maximum Gasteiger partial charge on any atom is 0.253 e. The molecule has 2 unspecified atom stereocenters. The van der Waals surface area contributed by atoms with E-state index in [1.54, 1.807) is 37.6 Å². The second kappa shape index (κ2) is 10.6. The zero-order valence-corrected chi connectivity index (χ0v) is 21.0. The van der Waals surface area contributed by atoms with E-state index >= 15 is 0 Å². The van der Waals surface area contributed by atoms with Crippen LogP contribution in [0.25, 0.3) is 0 Å². The van der Waals surface area contributed by atoms with Crippen LogP contribution in [0.4, 0.5) is 10.2 Å². The van der Waals surface area contributed by atoms with Crippen LogP contribution in [0.1, 0.15) is 57.5 Å². The van der Waals surface area contributed by atoms with Gasteiger partial charge in [0.25, 0.3) is 11.8 Å². The molecule has 0 spiro atoms. The number of hydrogen-bond acceptors (Lipinski definition) is 5. The summed E-state index contributed by atoms with van der Waals surface area (Å²) in [6.45, 7) is 2.02. The van der Waals surface area contributed by atoms with Crippen molar-refractivity contribution in [1.29, 1.82) is 0 Å². The highest BCUT2D eigenvalue weighted by Crippen LogP contribution is 2.38. The number of piperidine rings is 1. The number of hydrogen-bond donors (Lipinski definition) is 2. The van der Waals surface area contributed by atoms with Gasteiger partial charge in [0.1, 0.15) is 17.4 Å². The number of methoxy groups -OCH3 is 1. The lowest BCUT2D eigenvalue weighted by molar-refractivity contribution is 0.0923. The minimum absolute atomic E-state index is 0.0712. The van der Waals surface area contributed by atoms with Gasteiger partial charge >= 0.3 is 0 Å². The molecule has 2 saturated heterocycles. The van der Waals surface area contributed by atoms with Crippen LogP contribution in [0.5, 0.6) is 5.75 Å². The minimum Gasteiger partial charge on any atom is -0.496 e. The van der Waals surface area contributed by atoms with Gasteiger partial charge < -0.3 is 20.3 Å². The lowest BCUT2D eigenvalue weighted by Gasteiger charge is -2.40. The molecule has 2 atom stereocenters. The van der Waals surface area contributed by atoms with Gasteiger partial charge in [0.2, 0.25) is 0 Å². The molecule has 1 aromatic heterocycles. The number of carbonyl (C=O) groups excluding carboxylic acids is 2. The number of rotatable bonds is 7. The molecule has 3 heterocycles. The summed E-state index contributed by atoms with van der Waals surface area (Å²) < 4.78 is 19.2. The number of ether oxygens (including phenoxy) is 1. The average Bonchev–Trinajstić information content (AvgIpc) is 3.18. The highest BCUT2D eigenvalue weighted by atomic mass is 19.1. The molecule has 5 rings (SSSR count). The van der Waals surface area contributed by atoms with E-state index in [-0.39, 0.29) is 42.3 Å². The lowest BCUT2D eigenvalue weighted by Crippen LogP contribution is -2.50. The Hall–Kier alpha value is -3.94. The molecule has 192 valence electrons. The van der Waals surface area contributed by atoms with Gasteiger partial charge in [-0.2, -0.15) is 0 Å². The van der Waals surface area contributed by atoms with Crippen molar-refractivity contribution in [2.75, 3.05) is 12.0 Å². The molecule has 2 bridgehead atoms. The summed E-state index contributed by atoms with van der Waals surface area (Å²) in [5.41, 5.74) is 2.35. The fourth-order valence-corrected chi connectivity index (χ4v) is 5.61. The van der Waals surface area contributed by atoms with Gasteiger partial charge in [-0.15, -0.1) is 0 Å². The van der Waals surface area contributed by atoms with Crippen molar-refractivity contribution in [2.24, 2.45) is 0 Å². The predicted molar refractivity (Wildman–Crippen MR) is 139 cm³/mol. The third-order valence-corrected chi connectivity index (χ3v) is 7.49. The number of anilines is 1. The molecule has 2 aromatic carbocycles. The molecule has 2 aliphatic rings. The van der Waals surface area contributed by atoms with Gasteiger partial charge in [-0.3, -0.25) is 9.59 Å². The Bertz CT molecular complexity index is 1280. The van der Waals surface area contributed by atoms with E-state index in [9.17, 15) is 14.0 Å². The number of nitrogens with one attached hydrogen (secondary N) is 2. The molecule has 0 radical (unpaired) electrons. The van der Waals surface area contributed by atoms with E-state index in [2.05, 4.69) is 20.5 Å². The SMILES string of the molecule is COc1cccc(C(=O)NC2CC3CCC(C2)N3c2ccc(C(=O)NCc3ccccc3F)cn2)c1C. The monoisotopic (exact) mass is 502 g/mol. The van der Waals surface area contributed by atoms with Crippen molar-refractivity contribution in [1.82, 2.24) is 15.6 Å². The second-order valence-electron chi connectivity index (χ2n) is 9.75. The number of amides is 2. The number of nitrogens with zero attached hydrogens (tertiary/aromatic N) is 2. The average molecular weight is 503 g/mol. The van der Waals surface area contributed by atoms with E-state index in [0.717, 1.165) is 37.1 Å². The highest BCUT2D eigenvalue weighted by Gasteiger charge is 2.42. The second-order valence-corrected chi connectivity index (χ2v) is 9.75. The van der Waals surface area contributed by atoms with E-state index in [0.29, 0.717) is 22.4 Å². The molecule has 2 N–H and O–H groups in total. The van der Waals surface area contributed by atoms with E-state index in [1.807, 2.05) is 31.2 Å². The standard InChI is InChI=1S/C29H31FN4O3/c1-18-24(7-5-9-26(18)37-2)29(36)33-21-14-22-11-12-23(15-21)34(22)27-13-10-20(17-31-27)28(35)32-16-19-6-3-4-8-25(19)30/h3-10,13,17,21-23H,11-12,14-16H2,1-2H3,(H,32,35)(H,33,36). The molecule has 2 aliphatic heterocycles. The van der Waals surface area contributed by atoms with Crippen LogP contribution < -0.4 is 20.3 Å². The first kappa shape index (κ1) is 24.7.